The largest absolute Gasteiger partial charge is 0.325 e. The van der Waals surface area contributed by atoms with Gasteiger partial charge in [-0.25, -0.2) is 4.79 Å². The van der Waals surface area contributed by atoms with Gasteiger partial charge in [0.15, 0.2) is 0 Å². The first-order chi connectivity index (χ1) is 14.4. The highest BCUT2D eigenvalue weighted by Gasteiger charge is 2.49. The van der Waals surface area contributed by atoms with Crippen LogP contribution in [-0.2, 0) is 28.0 Å². The standard InChI is InChI=1S/C22H22N4O3S/c1-22(14-8-4-2-5-9-14)20(28)26(21(29)25-22)13-18(27)24-19-16(12-23)15-10-6-3-7-11-17(15)30-19/h2,4-5,8-9H,3,6-7,10-11,13H2,1H3,(H,24,27)(H,25,29). The molecule has 1 aliphatic heterocycles. The van der Waals surface area contributed by atoms with Crippen LogP contribution in [0, 0.1) is 11.3 Å². The maximum atomic E-state index is 13.0. The first kappa shape index (κ1) is 20.1. The summed E-state index contributed by atoms with van der Waals surface area (Å²) in [5.41, 5.74) is 0.981. The molecule has 1 aromatic heterocycles. The number of thiophene rings is 1. The van der Waals surface area contributed by atoms with Crippen molar-refractivity contribution >= 4 is 34.2 Å². The van der Waals surface area contributed by atoms with Gasteiger partial charge in [0, 0.05) is 4.88 Å². The van der Waals surface area contributed by atoms with Crippen LogP contribution in [-0.4, -0.2) is 29.3 Å². The van der Waals surface area contributed by atoms with Gasteiger partial charge >= 0.3 is 6.03 Å². The Bertz CT molecular complexity index is 1060. The van der Waals surface area contributed by atoms with Crippen LogP contribution in [0.25, 0.3) is 0 Å². The molecule has 1 aromatic carbocycles. The summed E-state index contributed by atoms with van der Waals surface area (Å²) < 4.78 is 0. The number of nitriles is 1. The van der Waals surface area contributed by atoms with Crippen LogP contribution in [0.1, 0.15) is 47.8 Å². The minimum atomic E-state index is -1.21. The van der Waals surface area contributed by atoms with E-state index < -0.39 is 29.9 Å². The lowest BCUT2D eigenvalue weighted by Gasteiger charge is -2.22. The van der Waals surface area contributed by atoms with Gasteiger partial charge < -0.3 is 10.6 Å². The third kappa shape index (κ3) is 3.46. The van der Waals surface area contributed by atoms with Crippen molar-refractivity contribution < 1.29 is 14.4 Å². The molecule has 1 unspecified atom stereocenters. The van der Waals surface area contributed by atoms with E-state index in [2.05, 4.69) is 16.7 Å². The van der Waals surface area contributed by atoms with Gasteiger partial charge in [0.2, 0.25) is 5.91 Å². The number of rotatable bonds is 4. The molecule has 1 fully saturated rings. The van der Waals surface area contributed by atoms with Gasteiger partial charge in [0.05, 0.1) is 5.56 Å². The number of imide groups is 1. The number of benzene rings is 1. The summed E-state index contributed by atoms with van der Waals surface area (Å²) in [6, 6.07) is 10.5. The zero-order chi connectivity index (χ0) is 21.3. The molecule has 2 N–H and O–H groups in total. The third-order valence-electron chi connectivity index (χ3n) is 5.71. The fourth-order valence-corrected chi connectivity index (χ4v) is 5.32. The lowest BCUT2D eigenvalue weighted by molar-refractivity contribution is -0.133. The topological polar surface area (TPSA) is 102 Å². The molecule has 30 heavy (non-hydrogen) atoms. The summed E-state index contributed by atoms with van der Waals surface area (Å²) in [4.78, 5) is 40.1. The van der Waals surface area contributed by atoms with Crippen molar-refractivity contribution in [2.24, 2.45) is 0 Å². The maximum absolute atomic E-state index is 13.0. The molecule has 0 bridgehead atoms. The summed E-state index contributed by atoms with van der Waals surface area (Å²) in [5.74, 6) is -0.972. The number of hydrogen-bond donors (Lipinski definition) is 2. The number of anilines is 1. The fourth-order valence-electron chi connectivity index (χ4n) is 4.07. The lowest BCUT2D eigenvalue weighted by Crippen LogP contribution is -2.42. The van der Waals surface area contributed by atoms with Crippen LogP contribution in [0.2, 0.25) is 0 Å². The minimum absolute atomic E-state index is 0.402. The van der Waals surface area contributed by atoms with E-state index in [1.807, 2.05) is 6.07 Å². The highest BCUT2D eigenvalue weighted by Crippen LogP contribution is 2.37. The first-order valence-corrected chi connectivity index (χ1v) is 10.8. The van der Waals surface area contributed by atoms with Gasteiger partial charge in [-0.1, -0.05) is 36.8 Å². The molecule has 1 atom stereocenters. The predicted octanol–water partition coefficient (Wildman–Crippen LogP) is 3.29. The highest BCUT2D eigenvalue weighted by atomic mass is 32.1. The quantitative estimate of drug-likeness (QED) is 0.583. The Hall–Kier alpha value is -3.18. The molecule has 0 spiro atoms. The van der Waals surface area contributed by atoms with Crippen molar-refractivity contribution in [1.82, 2.24) is 10.2 Å². The fraction of sp³-hybridized carbons (Fsp3) is 0.364. The summed E-state index contributed by atoms with van der Waals surface area (Å²) in [6.45, 7) is 1.23. The van der Waals surface area contributed by atoms with E-state index in [0.717, 1.165) is 47.4 Å². The van der Waals surface area contributed by atoms with Crippen molar-refractivity contribution in [3.05, 3.63) is 51.9 Å². The number of urea groups is 1. The molecule has 7 nitrogen and oxygen atoms in total. The van der Waals surface area contributed by atoms with Gasteiger partial charge in [-0.2, -0.15) is 5.26 Å². The van der Waals surface area contributed by atoms with Crippen LogP contribution in [0.4, 0.5) is 9.80 Å². The molecule has 0 radical (unpaired) electrons. The monoisotopic (exact) mass is 422 g/mol. The van der Waals surface area contributed by atoms with Crippen LogP contribution in [0.3, 0.4) is 0 Å². The van der Waals surface area contributed by atoms with Gasteiger partial charge in [-0.15, -0.1) is 11.3 Å². The summed E-state index contributed by atoms with van der Waals surface area (Å²) in [6.07, 6.45) is 5.00. The molecular formula is C22H22N4O3S. The second-order valence-electron chi connectivity index (χ2n) is 7.74. The number of nitrogens with zero attached hydrogens (tertiary/aromatic N) is 2. The van der Waals surface area contributed by atoms with Crippen molar-refractivity contribution in [3.8, 4) is 6.07 Å². The van der Waals surface area contributed by atoms with E-state index in [4.69, 9.17) is 0 Å². The zero-order valence-electron chi connectivity index (χ0n) is 16.7. The Balaban J connectivity index is 1.51. The number of amides is 4. The Morgan fingerprint density at radius 2 is 1.97 bits per heavy atom. The number of fused-ring (bicyclic) bond motifs is 1. The van der Waals surface area contributed by atoms with E-state index in [-0.39, 0.29) is 0 Å². The van der Waals surface area contributed by atoms with Crippen molar-refractivity contribution in [1.29, 1.82) is 5.26 Å². The Labute approximate surface area is 178 Å². The number of hydrogen-bond acceptors (Lipinski definition) is 5. The van der Waals surface area contributed by atoms with Crippen molar-refractivity contribution in [2.45, 2.75) is 44.6 Å². The summed E-state index contributed by atoms with van der Waals surface area (Å²) in [7, 11) is 0. The van der Waals surface area contributed by atoms with Gasteiger partial charge in [0.25, 0.3) is 5.91 Å². The zero-order valence-corrected chi connectivity index (χ0v) is 17.5. The van der Waals surface area contributed by atoms with Crippen LogP contribution in [0.5, 0.6) is 0 Å². The number of aryl methyl sites for hydroxylation is 1. The second kappa shape index (κ2) is 7.92. The summed E-state index contributed by atoms with van der Waals surface area (Å²) in [5, 5.41) is 15.6. The minimum Gasteiger partial charge on any atom is -0.319 e. The molecule has 154 valence electrons. The molecule has 8 heteroatoms. The van der Waals surface area contributed by atoms with E-state index in [1.165, 1.54) is 11.3 Å². The highest BCUT2D eigenvalue weighted by molar-refractivity contribution is 7.16. The lowest BCUT2D eigenvalue weighted by atomic mass is 9.92. The van der Waals surface area contributed by atoms with Gasteiger partial charge in [-0.3, -0.25) is 14.5 Å². The third-order valence-corrected chi connectivity index (χ3v) is 6.92. The predicted molar refractivity (Wildman–Crippen MR) is 113 cm³/mol. The average Bonchev–Trinajstić information content (AvgIpc) is 3.04. The Morgan fingerprint density at radius 1 is 1.23 bits per heavy atom. The van der Waals surface area contributed by atoms with E-state index >= 15 is 0 Å². The Morgan fingerprint density at radius 3 is 2.70 bits per heavy atom. The number of carbonyl (C=O) groups is 3. The molecule has 4 amide bonds. The molecular weight excluding hydrogens is 400 g/mol. The van der Waals surface area contributed by atoms with E-state index in [9.17, 15) is 19.6 Å². The molecule has 0 saturated carbocycles. The van der Waals surface area contributed by atoms with Crippen LogP contribution < -0.4 is 10.6 Å². The van der Waals surface area contributed by atoms with E-state index in [0.29, 0.717) is 16.1 Å². The van der Waals surface area contributed by atoms with Crippen LogP contribution >= 0.6 is 11.3 Å². The molecule has 2 aromatic rings. The van der Waals surface area contributed by atoms with Gasteiger partial charge in [-0.05, 0) is 43.7 Å². The molecule has 1 saturated heterocycles. The van der Waals surface area contributed by atoms with Crippen LogP contribution in [0.15, 0.2) is 30.3 Å². The van der Waals surface area contributed by atoms with Crippen molar-refractivity contribution in [2.75, 3.05) is 11.9 Å². The SMILES string of the molecule is CC1(c2ccccc2)NC(=O)N(CC(=O)Nc2sc3c(c2C#N)CCCCC3)C1=O. The molecule has 1 aliphatic carbocycles. The Kier molecular flexibility index (Phi) is 5.31. The normalized spacial score (nSPS) is 20.9. The number of carbonyl (C=O) groups excluding carboxylic acids is 3. The maximum Gasteiger partial charge on any atom is 0.325 e. The van der Waals surface area contributed by atoms with Gasteiger partial charge in [0.1, 0.15) is 23.2 Å². The first-order valence-electron chi connectivity index (χ1n) is 9.98. The molecule has 4 rings (SSSR count). The average molecular weight is 423 g/mol. The summed E-state index contributed by atoms with van der Waals surface area (Å²) >= 11 is 1.43. The molecule has 2 aliphatic rings. The van der Waals surface area contributed by atoms with Crippen molar-refractivity contribution in [3.63, 3.8) is 0 Å². The second-order valence-corrected chi connectivity index (χ2v) is 8.85. The number of nitrogens with one attached hydrogen (secondary N) is 2. The molecule has 2 heterocycles. The smallest absolute Gasteiger partial charge is 0.319 e. The van der Waals surface area contributed by atoms with E-state index in [1.54, 1.807) is 31.2 Å².